The number of nitrogens with one attached hydrogen (secondary N) is 1. The van der Waals surface area contributed by atoms with Crippen LogP contribution >= 0.6 is 11.6 Å². The second-order valence-electron chi connectivity index (χ2n) is 3.72. The maximum Gasteiger partial charge on any atom is 0.124 e. The van der Waals surface area contributed by atoms with Gasteiger partial charge in [-0.3, -0.25) is 0 Å². The first kappa shape index (κ1) is 13.4. The summed E-state index contributed by atoms with van der Waals surface area (Å²) < 4.78 is 17.9. The summed E-state index contributed by atoms with van der Waals surface area (Å²) in [6, 6.07) is 4.82. The van der Waals surface area contributed by atoms with Gasteiger partial charge in [0.2, 0.25) is 0 Å². The lowest BCUT2D eigenvalue weighted by atomic mass is 10.1. The number of methoxy groups -OCH3 is 1. The van der Waals surface area contributed by atoms with E-state index in [0.717, 1.165) is 18.4 Å². The Kier molecular flexibility index (Phi) is 5.74. The summed E-state index contributed by atoms with van der Waals surface area (Å²) >= 11 is 5.94. The van der Waals surface area contributed by atoms with Crippen LogP contribution in [0.5, 0.6) is 0 Å². The van der Waals surface area contributed by atoms with Crippen molar-refractivity contribution in [2.75, 3.05) is 20.8 Å². The monoisotopic (exact) mass is 245 g/mol. The molecular weight excluding hydrogens is 229 g/mol. The van der Waals surface area contributed by atoms with Gasteiger partial charge in [0.25, 0.3) is 0 Å². The van der Waals surface area contributed by atoms with E-state index in [1.54, 1.807) is 13.2 Å². The molecule has 0 aliphatic rings. The van der Waals surface area contributed by atoms with Crippen molar-refractivity contribution in [3.63, 3.8) is 0 Å². The number of ether oxygens (including phenoxy) is 1. The lowest BCUT2D eigenvalue weighted by Crippen LogP contribution is -2.30. The van der Waals surface area contributed by atoms with E-state index < -0.39 is 0 Å². The molecule has 16 heavy (non-hydrogen) atoms. The SMILES string of the molecule is CNC(CCc1ccc(F)cc1Cl)COC. The van der Waals surface area contributed by atoms with Crippen LogP contribution in [0.15, 0.2) is 18.2 Å². The number of likely N-dealkylation sites (N-methyl/N-ethyl adjacent to an activating group) is 1. The molecule has 0 saturated heterocycles. The Bertz CT molecular complexity index is 333. The zero-order valence-corrected chi connectivity index (χ0v) is 10.4. The van der Waals surface area contributed by atoms with E-state index >= 15 is 0 Å². The highest BCUT2D eigenvalue weighted by atomic mass is 35.5. The third-order valence-corrected chi connectivity index (χ3v) is 2.91. The van der Waals surface area contributed by atoms with Crippen LogP contribution in [-0.2, 0) is 11.2 Å². The average Bonchev–Trinajstić information content (AvgIpc) is 2.26. The van der Waals surface area contributed by atoms with Gasteiger partial charge in [-0.2, -0.15) is 0 Å². The highest BCUT2D eigenvalue weighted by Crippen LogP contribution is 2.19. The summed E-state index contributed by atoms with van der Waals surface area (Å²) in [5.41, 5.74) is 0.972. The Morgan fingerprint density at radius 3 is 2.81 bits per heavy atom. The number of hydrogen-bond donors (Lipinski definition) is 1. The second-order valence-corrected chi connectivity index (χ2v) is 4.12. The molecule has 0 aromatic heterocycles. The van der Waals surface area contributed by atoms with Gasteiger partial charge in [0.05, 0.1) is 6.61 Å². The fourth-order valence-corrected chi connectivity index (χ4v) is 1.83. The van der Waals surface area contributed by atoms with Crippen LogP contribution in [0.1, 0.15) is 12.0 Å². The molecule has 2 nitrogen and oxygen atoms in total. The van der Waals surface area contributed by atoms with E-state index in [-0.39, 0.29) is 5.82 Å². The maximum atomic E-state index is 12.8. The van der Waals surface area contributed by atoms with Crippen molar-refractivity contribution in [1.29, 1.82) is 0 Å². The number of hydrogen-bond acceptors (Lipinski definition) is 2. The largest absolute Gasteiger partial charge is 0.383 e. The molecule has 4 heteroatoms. The molecule has 90 valence electrons. The summed E-state index contributed by atoms with van der Waals surface area (Å²) in [6.45, 7) is 0.662. The van der Waals surface area contributed by atoms with Crippen LogP contribution in [0.3, 0.4) is 0 Å². The Morgan fingerprint density at radius 2 is 2.25 bits per heavy atom. The predicted molar refractivity (Wildman–Crippen MR) is 64.5 cm³/mol. The summed E-state index contributed by atoms with van der Waals surface area (Å²) in [5, 5.41) is 3.65. The Hall–Kier alpha value is -0.640. The molecule has 0 spiro atoms. The predicted octanol–water partition coefficient (Wildman–Crippen LogP) is 2.65. The van der Waals surface area contributed by atoms with Crippen molar-refractivity contribution in [2.24, 2.45) is 0 Å². The molecule has 0 fully saturated rings. The molecule has 0 radical (unpaired) electrons. The third-order valence-electron chi connectivity index (χ3n) is 2.55. The topological polar surface area (TPSA) is 21.3 Å². The van der Waals surface area contributed by atoms with E-state index in [4.69, 9.17) is 16.3 Å². The highest BCUT2D eigenvalue weighted by Gasteiger charge is 2.08. The molecular formula is C12H17ClFNO. The molecule has 0 aliphatic heterocycles. The van der Waals surface area contributed by atoms with Gasteiger partial charge in [0.1, 0.15) is 5.82 Å². The summed E-state index contributed by atoms with van der Waals surface area (Å²) in [4.78, 5) is 0. The molecule has 0 saturated carbocycles. The van der Waals surface area contributed by atoms with E-state index in [1.807, 2.05) is 7.05 Å². The van der Waals surface area contributed by atoms with Crippen molar-refractivity contribution in [3.8, 4) is 0 Å². The molecule has 1 aromatic rings. The summed E-state index contributed by atoms with van der Waals surface area (Å²) in [5.74, 6) is -0.296. The minimum Gasteiger partial charge on any atom is -0.383 e. The minimum atomic E-state index is -0.296. The molecule has 1 atom stereocenters. The number of benzene rings is 1. The molecule has 1 rings (SSSR count). The van der Waals surface area contributed by atoms with Crippen molar-refractivity contribution in [3.05, 3.63) is 34.6 Å². The average molecular weight is 246 g/mol. The number of rotatable bonds is 6. The number of aryl methyl sites for hydroxylation is 1. The minimum absolute atomic E-state index is 0.296. The molecule has 1 unspecified atom stereocenters. The standard InChI is InChI=1S/C12H17ClFNO/c1-15-11(8-16-2)6-4-9-3-5-10(14)7-12(9)13/h3,5,7,11,15H,4,6,8H2,1-2H3. The lowest BCUT2D eigenvalue weighted by Gasteiger charge is -2.15. The molecule has 0 amide bonds. The van der Waals surface area contributed by atoms with Crippen molar-refractivity contribution < 1.29 is 9.13 Å². The summed E-state index contributed by atoms with van der Waals surface area (Å²) in [6.07, 6.45) is 1.73. The highest BCUT2D eigenvalue weighted by molar-refractivity contribution is 6.31. The fraction of sp³-hybridized carbons (Fsp3) is 0.500. The van der Waals surface area contributed by atoms with Gasteiger partial charge in [0, 0.05) is 18.2 Å². The van der Waals surface area contributed by atoms with Crippen LogP contribution in [0.25, 0.3) is 0 Å². The van der Waals surface area contributed by atoms with E-state index in [2.05, 4.69) is 5.32 Å². The fourth-order valence-electron chi connectivity index (χ4n) is 1.57. The summed E-state index contributed by atoms with van der Waals surface area (Å²) in [7, 11) is 3.57. The quantitative estimate of drug-likeness (QED) is 0.832. The van der Waals surface area contributed by atoms with Crippen molar-refractivity contribution in [1.82, 2.24) is 5.32 Å². The van der Waals surface area contributed by atoms with Gasteiger partial charge in [-0.1, -0.05) is 17.7 Å². The van der Waals surface area contributed by atoms with Crippen LogP contribution in [0.2, 0.25) is 5.02 Å². The van der Waals surface area contributed by atoms with E-state index in [0.29, 0.717) is 17.7 Å². The molecule has 1 N–H and O–H groups in total. The first-order chi connectivity index (χ1) is 7.67. The van der Waals surface area contributed by atoms with Gasteiger partial charge in [0.15, 0.2) is 0 Å². The van der Waals surface area contributed by atoms with Crippen molar-refractivity contribution >= 4 is 11.6 Å². The van der Waals surface area contributed by atoms with Gasteiger partial charge >= 0.3 is 0 Å². The Labute approximate surface area is 101 Å². The zero-order chi connectivity index (χ0) is 12.0. The van der Waals surface area contributed by atoms with Crippen LogP contribution < -0.4 is 5.32 Å². The zero-order valence-electron chi connectivity index (χ0n) is 9.59. The number of halogens is 2. The Balaban J connectivity index is 2.53. The normalized spacial score (nSPS) is 12.8. The van der Waals surface area contributed by atoms with Crippen LogP contribution in [0.4, 0.5) is 4.39 Å². The molecule has 0 aliphatic carbocycles. The Morgan fingerprint density at radius 1 is 1.50 bits per heavy atom. The first-order valence-electron chi connectivity index (χ1n) is 5.27. The van der Waals surface area contributed by atoms with Gasteiger partial charge in [-0.25, -0.2) is 4.39 Å². The molecule has 0 heterocycles. The van der Waals surface area contributed by atoms with Gasteiger partial charge < -0.3 is 10.1 Å². The molecule has 1 aromatic carbocycles. The van der Waals surface area contributed by atoms with E-state index in [1.165, 1.54) is 12.1 Å². The smallest absolute Gasteiger partial charge is 0.124 e. The van der Waals surface area contributed by atoms with Crippen molar-refractivity contribution in [2.45, 2.75) is 18.9 Å². The van der Waals surface area contributed by atoms with Gasteiger partial charge in [-0.15, -0.1) is 0 Å². The second kappa shape index (κ2) is 6.84. The van der Waals surface area contributed by atoms with E-state index in [9.17, 15) is 4.39 Å². The first-order valence-corrected chi connectivity index (χ1v) is 5.65. The van der Waals surface area contributed by atoms with Gasteiger partial charge in [-0.05, 0) is 37.6 Å². The molecule has 0 bridgehead atoms. The maximum absolute atomic E-state index is 12.8. The lowest BCUT2D eigenvalue weighted by molar-refractivity contribution is 0.166. The van der Waals surface area contributed by atoms with Crippen LogP contribution in [-0.4, -0.2) is 26.8 Å². The van der Waals surface area contributed by atoms with Crippen LogP contribution in [0, 0.1) is 5.82 Å². The third kappa shape index (κ3) is 4.08.